The van der Waals surface area contributed by atoms with E-state index in [-0.39, 0.29) is 0 Å². The Morgan fingerprint density at radius 2 is 2.18 bits per heavy atom. The SMILES string of the molecule is C[C@H](NC1CCCC1CN)c1ccccc1Cl. The molecule has 94 valence electrons. The summed E-state index contributed by atoms with van der Waals surface area (Å²) < 4.78 is 0. The second kappa shape index (κ2) is 5.85. The lowest BCUT2D eigenvalue weighted by molar-refractivity contribution is 0.374. The molecule has 0 amide bonds. The number of halogens is 1. The van der Waals surface area contributed by atoms with Crippen LogP contribution in [0.25, 0.3) is 0 Å². The molecule has 3 N–H and O–H groups in total. The highest BCUT2D eigenvalue weighted by Crippen LogP contribution is 2.29. The summed E-state index contributed by atoms with van der Waals surface area (Å²) in [5.41, 5.74) is 6.98. The van der Waals surface area contributed by atoms with Gasteiger partial charge in [0.1, 0.15) is 0 Å². The van der Waals surface area contributed by atoms with Gasteiger partial charge in [-0.3, -0.25) is 0 Å². The Bertz CT molecular complexity index is 367. The van der Waals surface area contributed by atoms with Crippen LogP contribution in [0.3, 0.4) is 0 Å². The summed E-state index contributed by atoms with van der Waals surface area (Å²) in [5, 5.41) is 4.51. The van der Waals surface area contributed by atoms with Gasteiger partial charge in [-0.2, -0.15) is 0 Å². The van der Waals surface area contributed by atoms with E-state index in [0.717, 1.165) is 11.6 Å². The van der Waals surface area contributed by atoms with E-state index in [0.29, 0.717) is 18.0 Å². The van der Waals surface area contributed by atoms with Gasteiger partial charge in [0.15, 0.2) is 0 Å². The zero-order chi connectivity index (χ0) is 12.3. The fraction of sp³-hybridized carbons (Fsp3) is 0.571. The molecule has 3 atom stereocenters. The number of hydrogen-bond acceptors (Lipinski definition) is 2. The lowest BCUT2D eigenvalue weighted by Gasteiger charge is -2.25. The van der Waals surface area contributed by atoms with Gasteiger partial charge < -0.3 is 11.1 Å². The lowest BCUT2D eigenvalue weighted by Crippen LogP contribution is -2.37. The Morgan fingerprint density at radius 1 is 1.41 bits per heavy atom. The zero-order valence-electron chi connectivity index (χ0n) is 10.3. The smallest absolute Gasteiger partial charge is 0.0453 e. The lowest BCUT2D eigenvalue weighted by atomic mass is 10.0. The van der Waals surface area contributed by atoms with Gasteiger partial charge in [0.05, 0.1) is 0 Å². The molecule has 2 rings (SSSR count). The fourth-order valence-electron chi connectivity index (χ4n) is 2.78. The molecule has 1 aliphatic rings. The van der Waals surface area contributed by atoms with Crippen molar-refractivity contribution < 1.29 is 0 Å². The minimum Gasteiger partial charge on any atom is -0.330 e. The molecular formula is C14H21ClN2. The molecule has 0 bridgehead atoms. The van der Waals surface area contributed by atoms with E-state index in [1.165, 1.54) is 24.8 Å². The van der Waals surface area contributed by atoms with E-state index >= 15 is 0 Å². The molecule has 1 fully saturated rings. The molecule has 0 saturated heterocycles. The van der Waals surface area contributed by atoms with Crippen molar-refractivity contribution in [2.75, 3.05) is 6.54 Å². The summed E-state index contributed by atoms with van der Waals surface area (Å²) in [4.78, 5) is 0. The van der Waals surface area contributed by atoms with Gasteiger partial charge in [-0.25, -0.2) is 0 Å². The standard InChI is InChI=1S/C14H21ClN2/c1-10(12-6-2-3-7-13(12)15)17-14-8-4-5-11(14)9-16/h2-3,6-7,10-11,14,17H,4-5,8-9,16H2,1H3/t10-,11?,14?/m0/s1. The number of hydrogen-bond donors (Lipinski definition) is 2. The topological polar surface area (TPSA) is 38.0 Å². The van der Waals surface area contributed by atoms with Crippen LogP contribution < -0.4 is 11.1 Å². The van der Waals surface area contributed by atoms with Gasteiger partial charge >= 0.3 is 0 Å². The second-order valence-corrected chi connectivity index (χ2v) is 5.35. The van der Waals surface area contributed by atoms with E-state index in [1.54, 1.807) is 0 Å². The van der Waals surface area contributed by atoms with Gasteiger partial charge in [-0.1, -0.05) is 36.2 Å². The molecule has 0 aliphatic heterocycles. The molecular weight excluding hydrogens is 232 g/mol. The maximum Gasteiger partial charge on any atom is 0.0453 e. The Hall–Kier alpha value is -0.570. The maximum atomic E-state index is 6.21. The van der Waals surface area contributed by atoms with Crippen LogP contribution in [0.2, 0.25) is 5.02 Å². The van der Waals surface area contributed by atoms with E-state index in [9.17, 15) is 0 Å². The largest absolute Gasteiger partial charge is 0.330 e. The van der Waals surface area contributed by atoms with Gasteiger partial charge in [-0.05, 0) is 43.9 Å². The van der Waals surface area contributed by atoms with Gasteiger partial charge in [0, 0.05) is 17.1 Å². The molecule has 17 heavy (non-hydrogen) atoms. The van der Waals surface area contributed by atoms with Crippen molar-refractivity contribution in [1.29, 1.82) is 0 Å². The van der Waals surface area contributed by atoms with Crippen LogP contribution in [0.5, 0.6) is 0 Å². The first-order valence-corrected chi connectivity index (χ1v) is 6.80. The van der Waals surface area contributed by atoms with Crippen molar-refractivity contribution in [3.8, 4) is 0 Å². The molecule has 0 heterocycles. The Labute approximate surface area is 109 Å². The third kappa shape index (κ3) is 3.01. The van der Waals surface area contributed by atoms with Crippen LogP contribution in [-0.4, -0.2) is 12.6 Å². The highest BCUT2D eigenvalue weighted by Gasteiger charge is 2.27. The molecule has 0 spiro atoms. The summed E-state index contributed by atoms with van der Waals surface area (Å²) in [7, 11) is 0. The molecule has 0 radical (unpaired) electrons. The molecule has 3 heteroatoms. The quantitative estimate of drug-likeness (QED) is 0.864. The van der Waals surface area contributed by atoms with Crippen molar-refractivity contribution in [3.05, 3.63) is 34.9 Å². The minimum absolute atomic E-state index is 0.292. The number of nitrogens with one attached hydrogen (secondary N) is 1. The Morgan fingerprint density at radius 3 is 2.88 bits per heavy atom. The Kier molecular flexibility index (Phi) is 4.43. The normalized spacial score (nSPS) is 26.1. The molecule has 1 aliphatic carbocycles. The molecule has 2 nitrogen and oxygen atoms in total. The van der Waals surface area contributed by atoms with Crippen molar-refractivity contribution in [2.24, 2.45) is 11.7 Å². The summed E-state index contributed by atoms with van der Waals surface area (Å²) >= 11 is 6.21. The molecule has 1 aromatic rings. The first kappa shape index (κ1) is 12.9. The summed E-state index contributed by atoms with van der Waals surface area (Å²) in [6.07, 6.45) is 3.77. The molecule has 2 unspecified atom stereocenters. The van der Waals surface area contributed by atoms with Crippen LogP contribution in [0.4, 0.5) is 0 Å². The predicted octanol–water partition coefficient (Wildman–Crippen LogP) is 3.12. The summed E-state index contributed by atoms with van der Waals surface area (Å²) in [6.45, 7) is 2.96. The van der Waals surface area contributed by atoms with Crippen molar-refractivity contribution in [2.45, 2.75) is 38.3 Å². The zero-order valence-corrected chi connectivity index (χ0v) is 11.1. The molecule has 0 aromatic heterocycles. The van der Waals surface area contributed by atoms with Crippen molar-refractivity contribution >= 4 is 11.6 Å². The van der Waals surface area contributed by atoms with E-state index in [1.807, 2.05) is 18.2 Å². The van der Waals surface area contributed by atoms with Crippen molar-refractivity contribution in [3.63, 3.8) is 0 Å². The van der Waals surface area contributed by atoms with Crippen LogP contribution in [-0.2, 0) is 0 Å². The summed E-state index contributed by atoms with van der Waals surface area (Å²) in [5.74, 6) is 0.625. The van der Waals surface area contributed by atoms with Crippen molar-refractivity contribution in [1.82, 2.24) is 5.32 Å². The first-order valence-electron chi connectivity index (χ1n) is 6.43. The fourth-order valence-corrected chi connectivity index (χ4v) is 3.07. The number of benzene rings is 1. The van der Waals surface area contributed by atoms with Gasteiger partial charge in [0.25, 0.3) is 0 Å². The van der Waals surface area contributed by atoms with Crippen LogP contribution in [0, 0.1) is 5.92 Å². The first-order chi connectivity index (χ1) is 8.22. The van der Waals surface area contributed by atoms with Crippen LogP contribution in [0.1, 0.15) is 37.8 Å². The summed E-state index contributed by atoms with van der Waals surface area (Å²) in [6, 6.07) is 8.88. The average molecular weight is 253 g/mol. The average Bonchev–Trinajstić information content (AvgIpc) is 2.76. The second-order valence-electron chi connectivity index (χ2n) is 4.94. The van der Waals surface area contributed by atoms with E-state index in [2.05, 4.69) is 18.3 Å². The van der Waals surface area contributed by atoms with Crippen LogP contribution >= 0.6 is 11.6 Å². The Balaban J connectivity index is 2.01. The minimum atomic E-state index is 0.292. The van der Waals surface area contributed by atoms with Gasteiger partial charge in [-0.15, -0.1) is 0 Å². The maximum absolute atomic E-state index is 6.21. The molecule has 1 aromatic carbocycles. The predicted molar refractivity (Wildman–Crippen MR) is 73.2 cm³/mol. The number of nitrogens with two attached hydrogens (primary N) is 1. The monoisotopic (exact) mass is 252 g/mol. The third-order valence-corrected chi connectivity index (χ3v) is 4.14. The molecule has 1 saturated carbocycles. The number of rotatable bonds is 4. The van der Waals surface area contributed by atoms with Crippen LogP contribution in [0.15, 0.2) is 24.3 Å². The van der Waals surface area contributed by atoms with Gasteiger partial charge in [0.2, 0.25) is 0 Å². The highest BCUT2D eigenvalue weighted by atomic mass is 35.5. The third-order valence-electron chi connectivity index (χ3n) is 3.80. The van der Waals surface area contributed by atoms with E-state index < -0.39 is 0 Å². The highest BCUT2D eigenvalue weighted by molar-refractivity contribution is 6.31. The van der Waals surface area contributed by atoms with E-state index in [4.69, 9.17) is 17.3 Å².